The second kappa shape index (κ2) is 8.69. The third kappa shape index (κ3) is 4.65. The molecule has 1 aromatic carbocycles. The summed E-state index contributed by atoms with van der Waals surface area (Å²) in [4.78, 5) is 21.4. The molecule has 6 heteroatoms. The van der Waals surface area contributed by atoms with Gasteiger partial charge in [0, 0.05) is 19.5 Å². The fourth-order valence-corrected chi connectivity index (χ4v) is 3.84. The van der Waals surface area contributed by atoms with Crippen molar-refractivity contribution in [2.75, 3.05) is 13.1 Å². The number of imidazole rings is 1. The standard InChI is InChI=1S/C20H26ClN3O2/c1-2-3-9-18-22-17(19(21)23-18)13-24-10-5-8-16(12-24)14-6-4-7-15(11-14)20(25)26/h4,6-7,11,16H,2-3,5,8-10,12-13H2,1H3,(H,22,23)(H,25,26). The zero-order chi connectivity index (χ0) is 18.5. The minimum absolute atomic E-state index is 0.351. The lowest BCUT2D eigenvalue weighted by Crippen LogP contribution is -2.34. The molecule has 2 aromatic rings. The first-order valence-electron chi connectivity index (χ1n) is 9.35. The predicted molar refractivity (Wildman–Crippen MR) is 103 cm³/mol. The fraction of sp³-hybridized carbons (Fsp3) is 0.500. The number of halogens is 1. The summed E-state index contributed by atoms with van der Waals surface area (Å²) in [5.41, 5.74) is 2.45. The summed E-state index contributed by atoms with van der Waals surface area (Å²) in [5, 5.41) is 9.79. The number of aryl methyl sites for hydroxylation is 1. The van der Waals surface area contributed by atoms with Crippen molar-refractivity contribution in [3.05, 3.63) is 52.1 Å². The van der Waals surface area contributed by atoms with Gasteiger partial charge in [0.2, 0.25) is 0 Å². The van der Waals surface area contributed by atoms with Crippen LogP contribution in [0, 0.1) is 0 Å². The minimum atomic E-state index is -0.872. The van der Waals surface area contributed by atoms with Crippen LogP contribution in [0.15, 0.2) is 24.3 Å². The SMILES string of the molecule is CCCCc1nc(Cl)c(CN2CCCC(c3cccc(C(=O)O)c3)C2)[nH]1. The lowest BCUT2D eigenvalue weighted by Gasteiger charge is -2.32. The van der Waals surface area contributed by atoms with Crippen LogP contribution < -0.4 is 0 Å². The normalized spacial score (nSPS) is 18.2. The highest BCUT2D eigenvalue weighted by molar-refractivity contribution is 6.30. The van der Waals surface area contributed by atoms with Gasteiger partial charge in [-0.25, -0.2) is 9.78 Å². The molecule has 0 spiro atoms. The molecule has 0 radical (unpaired) electrons. The summed E-state index contributed by atoms with van der Waals surface area (Å²) >= 11 is 6.32. The Morgan fingerprint density at radius 2 is 2.31 bits per heavy atom. The molecule has 5 nitrogen and oxygen atoms in total. The van der Waals surface area contributed by atoms with Crippen LogP contribution >= 0.6 is 11.6 Å². The first-order valence-corrected chi connectivity index (χ1v) is 9.73. The van der Waals surface area contributed by atoms with Crippen molar-refractivity contribution in [3.63, 3.8) is 0 Å². The number of aromatic amines is 1. The molecular weight excluding hydrogens is 350 g/mol. The number of hydrogen-bond donors (Lipinski definition) is 2. The van der Waals surface area contributed by atoms with Crippen LogP contribution in [-0.4, -0.2) is 39.0 Å². The lowest BCUT2D eigenvalue weighted by atomic mass is 9.89. The number of rotatable bonds is 7. The number of H-pyrrole nitrogens is 1. The second-order valence-electron chi connectivity index (χ2n) is 7.06. The number of carboxylic acid groups (broad SMARTS) is 1. The van der Waals surface area contributed by atoms with Gasteiger partial charge in [0.15, 0.2) is 5.15 Å². The van der Waals surface area contributed by atoms with Crippen molar-refractivity contribution in [1.82, 2.24) is 14.9 Å². The summed E-state index contributed by atoms with van der Waals surface area (Å²) in [5.74, 6) is 0.447. The Morgan fingerprint density at radius 1 is 1.46 bits per heavy atom. The van der Waals surface area contributed by atoms with Gasteiger partial charge in [0.1, 0.15) is 5.82 Å². The maximum absolute atomic E-state index is 11.2. The third-order valence-corrected chi connectivity index (χ3v) is 5.35. The third-order valence-electron chi connectivity index (χ3n) is 5.04. The zero-order valence-electron chi connectivity index (χ0n) is 15.2. The van der Waals surface area contributed by atoms with Crippen molar-refractivity contribution >= 4 is 17.6 Å². The number of benzene rings is 1. The minimum Gasteiger partial charge on any atom is -0.478 e. The van der Waals surface area contributed by atoms with E-state index in [2.05, 4.69) is 21.8 Å². The molecule has 26 heavy (non-hydrogen) atoms. The van der Waals surface area contributed by atoms with Gasteiger partial charge in [0.25, 0.3) is 0 Å². The summed E-state index contributed by atoms with van der Waals surface area (Å²) in [6.07, 6.45) is 5.35. The molecule has 1 aromatic heterocycles. The van der Waals surface area contributed by atoms with Crippen molar-refractivity contribution in [2.24, 2.45) is 0 Å². The van der Waals surface area contributed by atoms with Crippen LogP contribution in [0.3, 0.4) is 0 Å². The van der Waals surface area contributed by atoms with Crippen LogP contribution in [0.25, 0.3) is 0 Å². The zero-order valence-corrected chi connectivity index (χ0v) is 15.9. The van der Waals surface area contributed by atoms with E-state index in [-0.39, 0.29) is 0 Å². The van der Waals surface area contributed by atoms with E-state index >= 15 is 0 Å². The van der Waals surface area contributed by atoms with E-state index < -0.39 is 5.97 Å². The van der Waals surface area contributed by atoms with Gasteiger partial charge in [-0.3, -0.25) is 4.90 Å². The Morgan fingerprint density at radius 3 is 3.08 bits per heavy atom. The van der Waals surface area contributed by atoms with Crippen LogP contribution in [0.5, 0.6) is 0 Å². The molecule has 1 atom stereocenters. The molecule has 0 saturated carbocycles. The van der Waals surface area contributed by atoms with Crippen LogP contribution in [0.2, 0.25) is 5.15 Å². The summed E-state index contributed by atoms with van der Waals surface area (Å²) in [6, 6.07) is 7.33. The summed E-state index contributed by atoms with van der Waals surface area (Å²) in [6.45, 7) is 4.85. The molecule has 0 bridgehead atoms. The van der Waals surface area contributed by atoms with E-state index in [9.17, 15) is 9.90 Å². The molecule has 1 saturated heterocycles. The topological polar surface area (TPSA) is 69.2 Å². The Bertz CT molecular complexity index is 759. The van der Waals surface area contributed by atoms with Crippen LogP contribution in [0.4, 0.5) is 0 Å². The average molecular weight is 376 g/mol. The molecule has 0 aliphatic carbocycles. The van der Waals surface area contributed by atoms with E-state index in [0.717, 1.165) is 68.8 Å². The fourth-order valence-electron chi connectivity index (χ4n) is 3.63. The molecule has 1 unspecified atom stereocenters. The maximum atomic E-state index is 11.2. The number of aromatic carboxylic acids is 1. The van der Waals surface area contributed by atoms with E-state index in [4.69, 9.17) is 11.6 Å². The van der Waals surface area contributed by atoms with Crippen molar-refractivity contribution in [2.45, 2.75) is 51.5 Å². The predicted octanol–water partition coefficient (Wildman–Crippen LogP) is 4.48. The smallest absolute Gasteiger partial charge is 0.335 e. The van der Waals surface area contributed by atoms with Gasteiger partial charge in [-0.15, -0.1) is 0 Å². The molecule has 0 amide bonds. The Kier molecular flexibility index (Phi) is 6.33. The van der Waals surface area contributed by atoms with Crippen LogP contribution in [-0.2, 0) is 13.0 Å². The molecule has 3 rings (SSSR count). The van der Waals surface area contributed by atoms with E-state index in [1.54, 1.807) is 6.07 Å². The Labute approximate surface area is 159 Å². The van der Waals surface area contributed by atoms with Crippen LogP contribution in [0.1, 0.15) is 66.0 Å². The molecule has 2 N–H and O–H groups in total. The van der Waals surface area contributed by atoms with Crippen molar-refractivity contribution < 1.29 is 9.90 Å². The first-order chi connectivity index (χ1) is 12.6. The van der Waals surface area contributed by atoms with Gasteiger partial charge in [-0.2, -0.15) is 0 Å². The number of unbranched alkanes of at least 4 members (excludes halogenated alkanes) is 1. The number of nitrogens with one attached hydrogen (secondary N) is 1. The number of hydrogen-bond acceptors (Lipinski definition) is 3. The average Bonchev–Trinajstić information content (AvgIpc) is 2.99. The molecule has 140 valence electrons. The van der Waals surface area contributed by atoms with Crippen molar-refractivity contribution in [3.8, 4) is 0 Å². The number of piperidine rings is 1. The van der Waals surface area contributed by atoms with Gasteiger partial charge < -0.3 is 10.1 Å². The van der Waals surface area contributed by atoms with Gasteiger partial charge in [-0.05, 0) is 49.4 Å². The van der Waals surface area contributed by atoms with Crippen molar-refractivity contribution in [1.29, 1.82) is 0 Å². The Balaban J connectivity index is 1.66. The first kappa shape index (κ1) is 18.9. The maximum Gasteiger partial charge on any atom is 0.335 e. The number of carbonyl (C=O) groups is 1. The molecule has 1 fully saturated rings. The van der Waals surface area contributed by atoms with Gasteiger partial charge in [-0.1, -0.05) is 37.1 Å². The quantitative estimate of drug-likeness (QED) is 0.748. The van der Waals surface area contributed by atoms with E-state index in [1.165, 1.54) is 0 Å². The molecule has 2 heterocycles. The second-order valence-corrected chi connectivity index (χ2v) is 7.42. The number of aromatic nitrogens is 2. The highest BCUT2D eigenvalue weighted by Crippen LogP contribution is 2.29. The lowest BCUT2D eigenvalue weighted by molar-refractivity contribution is 0.0696. The van der Waals surface area contributed by atoms with Gasteiger partial charge >= 0.3 is 5.97 Å². The highest BCUT2D eigenvalue weighted by atomic mass is 35.5. The molecule has 1 aliphatic rings. The highest BCUT2D eigenvalue weighted by Gasteiger charge is 2.23. The summed E-state index contributed by atoms with van der Waals surface area (Å²) < 4.78 is 0. The summed E-state index contributed by atoms with van der Waals surface area (Å²) in [7, 11) is 0. The number of nitrogens with zero attached hydrogens (tertiary/aromatic N) is 2. The number of likely N-dealkylation sites (tertiary alicyclic amines) is 1. The Hall–Kier alpha value is -1.85. The monoisotopic (exact) mass is 375 g/mol. The molecular formula is C20H26ClN3O2. The largest absolute Gasteiger partial charge is 0.478 e. The van der Waals surface area contributed by atoms with E-state index in [1.807, 2.05) is 18.2 Å². The molecule has 1 aliphatic heterocycles. The van der Waals surface area contributed by atoms with Gasteiger partial charge in [0.05, 0.1) is 11.3 Å². The van der Waals surface area contributed by atoms with E-state index in [0.29, 0.717) is 16.6 Å². The number of carboxylic acids is 1.